The molecule has 4 heteroatoms. The van der Waals surface area contributed by atoms with E-state index in [1.165, 1.54) is 7.11 Å². The first-order valence-electron chi connectivity index (χ1n) is 4.61. The highest BCUT2D eigenvalue weighted by Gasteiger charge is 2.04. The summed E-state index contributed by atoms with van der Waals surface area (Å²) in [5.41, 5.74) is 0.517. The van der Waals surface area contributed by atoms with Gasteiger partial charge in [-0.25, -0.2) is 0 Å². The van der Waals surface area contributed by atoms with E-state index in [1.807, 2.05) is 6.92 Å². The number of carbonyl (C=O) groups is 1. The standard InChI is InChI=1S/C11H14O3S/c1-8(15)7-14-10-4-3-9(6-12)11(5-10)13-2/h3-6,8,15H,7H2,1-2H3. The van der Waals surface area contributed by atoms with Gasteiger partial charge in [-0.3, -0.25) is 4.79 Å². The normalized spacial score (nSPS) is 11.9. The summed E-state index contributed by atoms with van der Waals surface area (Å²) in [6.45, 7) is 2.47. The quantitative estimate of drug-likeness (QED) is 0.617. The number of hydrogen-bond acceptors (Lipinski definition) is 4. The molecule has 1 atom stereocenters. The molecule has 0 saturated heterocycles. The Hall–Kier alpha value is -1.16. The first kappa shape index (κ1) is 11.9. The van der Waals surface area contributed by atoms with Gasteiger partial charge in [0.05, 0.1) is 19.3 Å². The summed E-state index contributed by atoms with van der Waals surface area (Å²) in [6, 6.07) is 5.10. The van der Waals surface area contributed by atoms with Gasteiger partial charge in [0, 0.05) is 11.3 Å². The second-order valence-corrected chi connectivity index (χ2v) is 4.06. The van der Waals surface area contributed by atoms with Gasteiger partial charge in [-0.1, -0.05) is 6.92 Å². The Morgan fingerprint density at radius 2 is 2.27 bits per heavy atom. The lowest BCUT2D eigenvalue weighted by molar-refractivity contribution is 0.112. The van der Waals surface area contributed by atoms with E-state index in [1.54, 1.807) is 18.2 Å². The molecule has 0 aliphatic carbocycles. The third kappa shape index (κ3) is 3.47. The Morgan fingerprint density at radius 1 is 1.53 bits per heavy atom. The Balaban J connectivity index is 2.79. The number of ether oxygens (including phenoxy) is 2. The van der Waals surface area contributed by atoms with Gasteiger partial charge < -0.3 is 9.47 Å². The van der Waals surface area contributed by atoms with Crippen LogP contribution in [-0.2, 0) is 0 Å². The van der Waals surface area contributed by atoms with Gasteiger partial charge in [0.25, 0.3) is 0 Å². The van der Waals surface area contributed by atoms with Crippen LogP contribution in [0.15, 0.2) is 18.2 Å². The molecule has 3 nitrogen and oxygen atoms in total. The van der Waals surface area contributed by atoms with Gasteiger partial charge in [0.15, 0.2) is 6.29 Å². The zero-order valence-electron chi connectivity index (χ0n) is 8.77. The SMILES string of the molecule is COc1cc(OCC(C)S)ccc1C=O. The van der Waals surface area contributed by atoms with Crippen LogP contribution in [-0.4, -0.2) is 25.3 Å². The van der Waals surface area contributed by atoms with Crippen molar-refractivity contribution in [1.82, 2.24) is 0 Å². The molecule has 0 N–H and O–H groups in total. The van der Waals surface area contributed by atoms with E-state index >= 15 is 0 Å². The number of thiol groups is 1. The van der Waals surface area contributed by atoms with Crippen LogP contribution in [0, 0.1) is 0 Å². The van der Waals surface area contributed by atoms with Crippen molar-refractivity contribution in [2.45, 2.75) is 12.2 Å². The van der Waals surface area contributed by atoms with Gasteiger partial charge in [-0.05, 0) is 12.1 Å². The zero-order chi connectivity index (χ0) is 11.3. The fraction of sp³-hybridized carbons (Fsp3) is 0.364. The summed E-state index contributed by atoms with van der Waals surface area (Å²) in [7, 11) is 1.52. The van der Waals surface area contributed by atoms with Crippen LogP contribution in [0.1, 0.15) is 17.3 Å². The topological polar surface area (TPSA) is 35.5 Å². The predicted molar refractivity (Wildman–Crippen MR) is 62.3 cm³/mol. The lowest BCUT2D eigenvalue weighted by Crippen LogP contribution is -2.07. The van der Waals surface area contributed by atoms with E-state index in [-0.39, 0.29) is 5.25 Å². The molecule has 0 heterocycles. The van der Waals surface area contributed by atoms with Crippen LogP contribution in [0.25, 0.3) is 0 Å². The molecule has 1 unspecified atom stereocenters. The van der Waals surface area contributed by atoms with Gasteiger partial charge >= 0.3 is 0 Å². The molecule has 0 aliphatic heterocycles. The Bertz CT molecular complexity index is 337. The number of carbonyl (C=O) groups excluding carboxylic acids is 1. The molecule has 15 heavy (non-hydrogen) atoms. The second kappa shape index (κ2) is 5.66. The van der Waals surface area contributed by atoms with Crippen LogP contribution < -0.4 is 9.47 Å². The van der Waals surface area contributed by atoms with E-state index < -0.39 is 0 Å². The third-order valence-corrected chi connectivity index (χ3v) is 1.97. The van der Waals surface area contributed by atoms with Crippen molar-refractivity contribution in [3.8, 4) is 11.5 Å². The molecule has 0 fully saturated rings. The Kier molecular flexibility index (Phi) is 4.49. The largest absolute Gasteiger partial charge is 0.496 e. The van der Waals surface area contributed by atoms with Crippen LogP contribution in [0.2, 0.25) is 0 Å². The molecular formula is C11H14O3S. The summed E-state index contributed by atoms with van der Waals surface area (Å²) in [5, 5.41) is 0.168. The maximum absolute atomic E-state index is 10.6. The highest BCUT2D eigenvalue weighted by molar-refractivity contribution is 7.80. The van der Waals surface area contributed by atoms with Gasteiger partial charge in [-0.15, -0.1) is 0 Å². The predicted octanol–water partition coefficient (Wildman–Crippen LogP) is 2.20. The van der Waals surface area contributed by atoms with Crippen LogP contribution in [0.5, 0.6) is 11.5 Å². The molecule has 0 radical (unpaired) electrons. The van der Waals surface area contributed by atoms with Crippen molar-refractivity contribution in [2.24, 2.45) is 0 Å². The summed E-state index contributed by atoms with van der Waals surface area (Å²) >= 11 is 4.20. The zero-order valence-corrected chi connectivity index (χ0v) is 9.66. The van der Waals surface area contributed by atoms with Crippen molar-refractivity contribution >= 4 is 18.9 Å². The van der Waals surface area contributed by atoms with Crippen LogP contribution in [0.4, 0.5) is 0 Å². The van der Waals surface area contributed by atoms with E-state index in [9.17, 15) is 4.79 Å². The average Bonchev–Trinajstić information content (AvgIpc) is 2.25. The minimum absolute atomic E-state index is 0.168. The molecule has 1 aromatic carbocycles. The summed E-state index contributed by atoms with van der Waals surface area (Å²) in [6.07, 6.45) is 0.754. The van der Waals surface area contributed by atoms with E-state index in [4.69, 9.17) is 9.47 Å². The average molecular weight is 226 g/mol. The molecule has 1 aromatic rings. The van der Waals surface area contributed by atoms with Crippen molar-refractivity contribution in [2.75, 3.05) is 13.7 Å². The van der Waals surface area contributed by atoms with E-state index in [0.717, 1.165) is 6.29 Å². The van der Waals surface area contributed by atoms with Crippen molar-refractivity contribution < 1.29 is 14.3 Å². The first-order chi connectivity index (χ1) is 7.17. The Morgan fingerprint density at radius 3 is 2.80 bits per heavy atom. The van der Waals surface area contributed by atoms with Crippen LogP contribution >= 0.6 is 12.6 Å². The molecule has 0 spiro atoms. The van der Waals surface area contributed by atoms with Gasteiger partial charge in [0.2, 0.25) is 0 Å². The molecular weight excluding hydrogens is 212 g/mol. The number of benzene rings is 1. The second-order valence-electron chi connectivity index (χ2n) is 3.18. The lowest BCUT2D eigenvalue weighted by atomic mass is 10.2. The first-order valence-corrected chi connectivity index (χ1v) is 5.13. The lowest BCUT2D eigenvalue weighted by Gasteiger charge is -2.10. The fourth-order valence-electron chi connectivity index (χ4n) is 1.10. The van der Waals surface area contributed by atoms with Gasteiger partial charge in [-0.2, -0.15) is 12.6 Å². The Labute approximate surface area is 94.8 Å². The maximum atomic E-state index is 10.6. The monoisotopic (exact) mass is 226 g/mol. The molecule has 1 rings (SSSR count). The maximum Gasteiger partial charge on any atom is 0.153 e. The minimum Gasteiger partial charge on any atom is -0.496 e. The third-order valence-electron chi connectivity index (χ3n) is 1.82. The smallest absolute Gasteiger partial charge is 0.153 e. The summed E-state index contributed by atoms with van der Waals surface area (Å²) < 4.78 is 10.5. The summed E-state index contributed by atoms with van der Waals surface area (Å²) in [4.78, 5) is 10.6. The number of aldehydes is 1. The van der Waals surface area contributed by atoms with Gasteiger partial charge in [0.1, 0.15) is 11.5 Å². The number of methoxy groups -OCH3 is 1. The molecule has 0 aromatic heterocycles. The molecule has 0 amide bonds. The van der Waals surface area contributed by atoms with Crippen LogP contribution in [0.3, 0.4) is 0 Å². The minimum atomic E-state index is 0.168. The molecule has 0 aliphatic rings. The molecule has 82 valence electrons. The summed E-state index contributed by atoms with van der Waals surface area (Å²) in [5.74, 6) is 1.20. The fourth-order valence-corrected chi connectivity index (χ4v) is 1.17. The van der Waals surface area contributed by atoms with E-state index in [2.05, 4.69) is 12.6 Å². The van der Waals surface area contributed by atoms with Crippen molar-refractivity contribution in [3.63, 3.8) is 0 Å². The molecule has 0 saturated carbocycles. The molecule has 0 bridgehead atoms. The van der Waals surface area contributed by atoms with Crippen molar-refractivity contribution in [3.05, 3.63) is 23.8 Å². The van der Waals surface area contributed by atoms with E-state index in [0.29, 0.717) is 23.7 Å². The number of rotatable bonds is 5. The number of hydrogen-bond donors (Lipinski definition) is 1. The van der Waals surface area contributed by atoms with Crippen molar-refractivity contribution in [1.29, 1.82) is 0 Å². The highest BCUT2D eigenvalue weighted by atomic mass is 32.1. The highest BCUT2D eigenvalue weighted by Crippen LogP contribution is 2.23.